The topological polar surface area (TPSA) is 38.8 Å². The van der Waals surface area contributed by atoms with Crippen molar-refractivity contribution in [3.63, 3.8) is 0 Å². The van der Waals surface area contributed by atoms with Crippen LogP contribution >= 0.6 is 0 Å². The zero-order valence-corrected chi connectivity index (χ0v) is 12.4. The molecule has 0 saturated carbocycles. The van der Waals surface area contributed by atoms with Gasteiger partial charge < -0.3 is 14.4 Å². The lowest BCUT2D eigenvalue weighted by Gasteiger charge is -2.26. The van der Waals surface area contributed by atoms with Crippen LogP contribution in [-0.4, -0.2) is 43.3 Å². The molecule has 22 heavy (non-hydrogen) atoms. The first-order valence-electron chi connectivity index (χ1n) is 6.54. The molecule has 1 unspecified atom stereocenters. The fourth-order valence-electron chi connectivity index (χ4n) is 1.77. The van der Waals surface area contributed by atoms with Crippen molar-refractivity contribution in [1.29, 1.82) is 0 Å². The van der Waals surface area contributed by atoms with Crippen LogP contribution in [0.15, 0.2) is 36.9 Å². The fourth-order valence-corrected chi connectivity index (χ4v) is 1.77. The molecule has 1 rings (SSSR count). The molecule has 0 bridgehead atoms. The number of ether oxygens (including phenoxy) is 2. The Bertz CT molecular complexity index is 500. The zero-order valence-electron chi connectivity index (χ0n) is 12.4. The number of alkyl halides is 3. The monoisotopic (exact) mass is 317 g/mol. The Kier molecular flexibility index (Phi) is 6.27. The molecule has 1 amide bonds. The summed E-state index contributed by atoms with van der Waals surface area (Å²) < 4.78 is 47.8. The molecule has 0 fully saturated rings. The van der Waals surface area contributed by atoms with Crippen LogP contribution in [0.25, 0.3) is 0 Å². The fraction of sp³-hybridized carbons (Fsp3) is 0.400. The SMILES string of the molecule is C=CCN(CC(F)(F)F)C(=O)C(C)Oc1ccc(OC)cc1. The number of nitrogens with zero attached hydrogens (tertiary/aromatic N) is 1. The summed E-state index contributed by atoms with van der Waals surface area (Å²) in [5.41, 5.74) is 0. The Labute approximate surface area is 127 Å². The third kappa shape index (κ3) is 5.67. The van der Waals surface area contributed by atoms with Crippen LogP contribution in [-0.2, 0) is 4.79 Å². The minimum Gasteiger partial charge on any atom is -0.497 e. The number of amides is 1. The molecule has 0 heterocycles. The molecule has 0 aromatic heterocycles. The van der Waals surface area contributed by atoms with Gasteiger partial charge in [-0.05, 0) is 31.2 Å². The molecule has 0 spiro atoms. The van der Waals surface area contributed by atoms with E-state index in [0.29, 0.717) is 16.4 Å². The maximum atomic E-state index is 12.5. The molecule has 1 aromatic rings. The van der Waals surface area contributed by atoms with E-state index in [1.807, 2.05) is 0 Å². The second-order valence-corrected chi connectivity index (χ2v) is 4.56. The summed E-state index contributed by atoms with van der Waals surface area (Å²) in [6.45, 7) is 3.22. The van der Waals surface area contributed by atoms with Gasteiger partial charge in [0, 0.05) is 6.54 Å². The lowest BCUT2D eigenvalue weighted by Crippen LogP contribution is -2.45. The number of hydrogen-bond donors (Lipinski definition) is 0. The highest BCUT2D eigenvalue weighted by atomic mass is 19.4. The van der Waals surface area contributed by atoms with Gasteiger partial charge in [-0.15, -0.1) is 6.58 Å². The van der Waals surface area contributed by atoms with E-state index in [1.54, 1.807) is 24.3 Å². The van der Waals surface area contributed by atoms with Crippen molar-refractivity contribution in [3.05, 3.63) is 36.9 Å². The van der Waals surface area contributed by atoms with Gasteiger partial charge in [0.15, 0.2) is 6.10 Å². The minimum absolute atomic E-state index is 0.200. The average molecular weight is 317 g/mol. The van der Waals surface area contributed by atoms with Gasteiger partial charge >= 0.3 is 6.18 Å². The predicted octanol–water partition coefficient (Wildman–Crippen LogP) is 3.04. The second kappa shape index (κ2) is 7.72. The quantitative estimate of drug-likeness (QED) is 0.726. The highest BCUT2D eigenvalue weighted by molar-refractivity contribution is 5.81. The van der Waals surface area contributed by atoms with Gasteiger partial charge in [0.1, 0.15) is 18.0 Å². The molecule has 0 N–H and O–H groups in total. The normalized spacial score (nSPS) is 12.4. The summed E-state index contributed by atoms with van der Waals surface area (Å²) in [4.78, 5) is 12.7. The van der Waals surface area contributed by atoms with Gasteiger partial charge in [0.05, 0.1) is 7.11 Å². The summed E-state index contributed by atoms with van der Waals surface area (Å²) >= 11 is 0. The Morgan fingerprint density at radius 1 is 1.32 bits per heavy atom. The van der Waals surface area contributed by atoms with Crippen LogP contribution < -0.4 is 9.47 Å². The maximum absolute atomic E-state index is 12.5. The van der Waals surface area contributed by atoms with Crippen LogP contribution in [0, 0.1) is 0 Å². The molecule has 0 radical (unpaired) electrons. The molecule has 7 heteroatoms. The van der Waals surface area contributed by atoms with E-state index >= 15 is 0 Å². The molecule has 1 atom stereocenters. The Balaban J connectivity index is 2.73. The first-order chi connectivity index (χ1) is 10.3. The predicted molar refractivity (Wildman–Crippen MR) is 75.9 cm³/mol. The van der Waals surface area contributed by atoms with Gasteiger partial charge in [0.2, 0.25) is 0 Å². The van der Waals surface area contributed by atoms with E-state index in [0.717, 1.165) is 0 Å². The smallest absolute Gasteiger partial charge is 0.406 e. The van der Waals surface area contributed by atoms with Crippen molar-refractivity contribution in [3.8, 4) is 11.5 Å². The molecule has 0 aliphatic rings. The summed E-state index contributed by atoms with van der Waals surface area (Å²) in [6.07, 6.45) is -4.28. The van der Waals surface area contributed by atoms with Crippen LogP contribution in [0.4, 0.5) is 13.2 Å². The standard InChI is InChI=1S/C15H18F3NO3/c1-4-9-19(10-15(16,17)18)14(20)11(2)22-13-7-5-12(21-3)6-8-13/h4-8,11H,1,9-10H2,2-3H3. The van der Waals surface area contributed by atoms with Gasteiger partial charge in [0.25, 0.3) is 5.91 Å². The number of methoxy groups -OCH3 is 1. The van der Waals surface area contributed by atoms with Gasteiger partial charge in [-0.25, -0.2) is 0 Å². The van der Waals surface area contributed by atoms with Gasteiger partial charge in [-0.3, -0.25) is 4.79 Å². The molecular formula is C15H18F3NO3. The highest BCUT2D eigenvalue weighted by Crippen LogP contribution is 2.20. The van der Waals surface area contributed by atoms with Crippen LogP contribution in [0.1, 0.15) is 6.92 Å². The van der Waals surface area contributed by atoms with Crippen molar-refractivity contribution < 1.29 is 27.4 Å². The van der Waals surface area contributed by atoms with Crippen molar-refractivity contribution in [2.24, 2.45) is 0 Å². The van der Waals surface area contributed by atoms with E-state index < -0.39 is 24.7 Å². The first kappa shape index (κ1) is 17.9. The Morgan fingerprint density at radius 3 is 2.32 bits per heavy atom. The lowest BCUT2D eigenvalue weighted by atomic mass is 10.3. The van der Waals surface area contributed by atoms with Crippen LogP contribution in [0.3, 0.4) is 0 Å². The van der Waals surface area contributed by atoms with Crippen molar-refractivity contribution >= 4 is 5.91 Å². The van der Waals surface area contributed by atoms with Gasteiger partial charge in [-0.1, -0.05) is 6.08 Å². The van der Waals surface area contributed by atoms with Crippen LogP contribution in [0.5, 0.6) is 11.5 Å². The summed E-state index contributed by atoms with van der Waals surface area (Å²) in [5, 5.41) is 0. The van der Waals surface area contributed by atoms with Gasteiger partial charge in [-0.2, -0.15) is 13.2 Å². The van der Waals surface area contributed by atoms with E-state index in [1.165, 1.54) is 20.1 Å². The van der Waals surface area contributed by atoms with E-state index in [4.69, 9.17) is 9.47 Å². The molecular weight excluding hydrogens is 299 g/mol. The Hall–Kier alpha value is -2.18. The average Bonchev–Trinajstić information content (AvgIpc) is 2.45. The molecule has 0 saturated heterocycles. The molecule has 4 nitrogen and oxygen atoms in total. The summed E-state index contributed by atoms with van der Waals surface area (Å²) in [7, 11) is 1.51. The lowest BCUT2D eigenvalue weighted by molar-refractivity contribution is -0.163. The van der Waals surface area contributed by atoms with Crippen molar-refractivity contribution in [2.45, 2.75) is 19.2 Å². The van der Waals surface area contributed by atoms with E-state index in [2.05, 4.69) is 6.58 Å². The molecule has 1 aromatic carbocycles. The number of carbonyl (C=O) groups excluding carboxylic acids is 1. The molecule has 122 valence electrons. The molecule has 0 aliphatic carbocycles. The van der Waals surface area contributed by atoms with E-state index in [9.17, 15) is 18.0 Å². The first-order valence-corrected chi connectivity index (χ1v) is 6.54. The third-order valence-electron chi connectivity index (χ3n) is 2.75. The number of carbonyl (C=O) groups is 1. The zero-order chi connectivity index (χ0) is 16.8. The maximum Gasteiger partial charge on any atom is 0.406 e. The summed E-state index contributed by atoms with van der Waals surface area (Å²) in [5.74, 6) is 0.219. The largest absolute Gasteiger partial charge is 0.497 e. The Morgan fingerprint density at radius 2 is 1.86 bits per heavy atom. The number of rotatable bonds is 7. The second-order valence-electron chi connectivity index (χ2n) is 4.56. The van der Waals surface area contributed by atoms with Crippen molar-refractivity contribution in [2.75, 3.05) is 20.2 Å². The van der Waals surface area contributed by atoms with Crippen molar-refractivity contribution in [1.82, 2.24) is 4.90 Å². The molecule has 0 aliphatic heterocycles. The number of hydrogen-bond acceptors (Lipinski definition) is 3. The number of benzene rings is 1. The van der Waals surface area contributed by atoms with E-state index in [-0.39, 0.29) is 6.54 Å². The number of halogens is 3. The third-order valence-corrected chi connectivity index (χ3v) is 2.75. The minimum atomic E-state index is -4.47. The van der Waals surface area contributed by atoms with Crippen LogP contribution in [0.2, 0.25) is 0 Å². The highest BCUT2D eigenvalue weighted by Gasteiger charge is 2.34. The summed E-state index contributed by atoms with van der Waals surface area (Å²) in [6, 6.07) is 6.40.